The second-order valence-electron chi connectivity index (χ2n) is 8.08. The summed E-state index contributed by atoms with van der Waals surface area (Å²) in [6, 6.07) is 9.24. The molecule has 1 N–H and O–H groups in total. The molecule has 1 aliphatic rings. The molecule has 0 radical (unpaired) electrons. The summed E-state index contributed by atoms with van der Waals surface area (Å²) in [7, 11) is -3.92. The van der Waals surface area contributed by atoms with E-state index in [4.69, 9.17) is 0 Å². The molecule has 0 spiro atoms. The summed E-state index contributed by atoms with van der Waals surface area (Å²) >= 11 is 0. The minimum Gasteiger partial charge on any atom is -0.354 e. The minimum atomic E-state index is -4.53. The number of nitrogens with zero attached hydrogens (tertiary/aromatic N) is 6. The number of halogens is 3. The lowest BCUT2D eigenvalue weighted by Gasteiger charge is -2.34. The van der Waals surface area contributed by atoms with Gasteiger partial charge in [0.15, 0.2) is 0 Å². The van der Waals surface area contributed by atoms with E-state index in [0.717, 1.165) is 24.3 Å². The van der Waals surface area contributed by atoms with Crippen LogP contribution in [-0.2, 0) is 16.2 Å². The first-order valence-corrected chi connectivity index (χ1v) is 12.2. The Morgan fingerprint density at radius 1 is 0.972 bits per heavy atom. The first kappa shape index (κ1) is 23.7. The first-order chi connectivity index (χ1) is 17.2. The number of piperazine rings is 1. The summed E-state index contributed by atoms with van der Waals surface area (Å²) in [5.41, 5.74) is 1.35. The van der Waals surface area contributed by atoms with Gasteiger partial charge in [-0.15, -0.1) is 0 Å². The average molecular weight is 514 g/mol. The van der Waals surface area contributed by atoms with Crippen LogP contribution in [0.3, 0.4) is 0 Å². The third-order valence-corrected chi connectivity index (χ3v) is 7.91. The van der Waals surface area contributed by atoms with Crippen LogP contribution in [0.15, 0.2) is 60.0 Å². The van der Waals surface area contributed by atoms with Crippen molar-refractivity contribution in [3.05, 3.63) is 66.2 Å². The molecular formula is C23H18F3N7O2S. The lowest BCUT2D eigenvalue weighted by Crippen LogP contribution is -2.48. The van der Waals surface area contributed by atoms with E-state index in [1.807, 2.05) is 11.0 Å². The second kappa shape index (κ2) is 8.89. The Labute approximate surface area is 203 Å². The molecule has 4 aromatic rings. The molecule has 36 heavy (non-hydrogen) atoms. The van der Waals surface area contributed by atoms with Crippen LogP contribution >= 0.6 is 0 Å². The van der Waals surface area contributed by atoms with Crippen LogP contribution in [0.4, 0.5) is 19.0 Å². The quantitative estimate of drug-likeness (QED) is 0.444. The van der Waals surface area contributed by atoms with E-state index in [9.17, 15) is 26.9 Å². The molecule has 184 valence electrons. The van der Waals surface area contributed by atoms with Crippen LogP contribution in [0.2, 0.25) is 0 Å². The maximum absolute atomic E-state index is 12.9. The van der Waals surface area contributed by atoms with Crippen LogP contribution in [0, 0.1) is 11.3 Å². The maximum atomic E-state index is 12.9. The number of pyridine rings is 1. The predicted molar refractivity (Wildman–Crippen MR) is 124 cm³/mol. The number of hydrogen-bond acceptors (Lipinski definition) is 7. The van der Waals surface area contributed by atoms with Crippen molar-refractivity contribution < 1.29 is 21.6 Å². The van der Waals surface area contributed by atoms with Gasteiger partial charge in [0, 0.05) is 44.1 Å². The molecular weight excluding hydrogens is 495 g/mol. The summed E-state index contributed by atoms with van der Waals surface area (Å²) in [6.45, 7) is 1.04. The third kappa shape index (κ3) is 4.25. The Morgan fingerprint density at radius 2 is 1.69 bits per heavy atom. The van der Waals surface area contributed by atoms with E-state index >= 15 is 0 Å². The monoisotopic (exact) mass is 513 g/mol. The molecule has 0 bridgehead atoms. The molecule has 3 aromatic heterocycles. The standard InChI is InChI=1S/C23H18F3N7O2S/c24-23(25,26)17-2-4-18(5-3-17)36(34,35)33-9-7-32(8-10-33)19-6-1-15(12-28-19)21-20-16(11-27)13-29-22(20)31-14-30-21/h1-6,12-14H,7-10H2,(H,29,30,31). The number of aromatic amines is 1. The van der Waals surface area contributed by atoms with Crippen molar-refractivity contribution in [2.75, 3.05) is 31.1 Å². The molecule has 9 nitrogen and oxygen atoms in total. The topological polar surface area (TPSA) is 119 Å². The number of fused-ring (bicyclic) bond motifs is 1. The lowest BCUT2D eigenvalue weighted by atomic mass is 10.1. The van der Waals surface area contributed by atoms with Crippen LogP contribution in [-0.4, -0.2) is 58.8 Å². The van der Waals surface area contributed by atoms with E-state index in [-0.39, 0.29) is 18.0 Å². The van der Waals surface area contributed by atoms with E-state index < -0.39 is 21.8 Å². The van der Waals surface area contributed by atoms with Gasteiger partial charge in [0.1, 0.15) is 23.9 Å². The highest BCUT2D eigenvalue weighted by Crippen LogP contribution is 2.31. The van der Waals surface area contributed by atoms with Crippen molar-refractivity contribution in [3.8, 4) is 17.3 Å². The van der Waals surface area contributed by atoms with Gasteiger partial charge in [-0.1, -0.05) is 0 Å². The molecule has 1 aliphatic heterocycles. The molecule has 0 aliphatic carbocycles. The zero-order chi connectivity index (χ0) is 25.5. The van der Waals surface area contributed by atoms with Crippen molar-refractivity contribution in [3.63, 3.8) is 0 Å². The van der Waals surface area contributed by atoms with Crippen LogP contribution in [0.25, 0.3) is 22.3 Å². The summed E-state index contributed by atoms with van der Waals surface area (Å²) in [5.74, 6) is 0.644. The highest BCUT2D eigenvalue weighted by Gasteiger charge is 2.32. The number of nitrogens with one attached hydrogen (secondary N) is 1. The van der Waals surface area contributed by atoms with Gasteiger partial charge in [0.25, 0.3) is 0 Å². The molecule has 13 heteroatoms. The van der Waals surface area contributed by atoms with Crippen LogP contribution in [0.1, 0.15) is 11.1 Å². The van der Waals surface area contributed by atoms with Crippen molar-refractivity contribution in [2.45, 2.75) is 11.1 Å². The number of anilines is 1. The van der Waals surface area contributed by atoms with Gasteiger partial charge in [-0.25, -0.2) is 23.4 Å². The Balaban J connectivity index is 1.29. The van der Waals surface area contributed by atoms with Gasteiger partial charge in [-0.3, -0.25) is 0 Å². The third-order valence-electron chi connectivity index (χ3n) is 5.99. The van der Waals surface area contributed by atoms with E-state index in [2.05, 4.69) is 26.0 Å². The van der Waals surface area contributed by atoms with Crippen molar-refractivity contribution in [1.82, 2.24) is 24.2 Å². The number of hydrogen-bond donors (Lipinski definition) is 1. The fourth-order valence-electron chi connectivity index (χ4n) is 4.11. The summed E-state index contributed by atoms with van der Waals surface area (Å²) in [5, 5.41) is 9.97. The summed E-state index contributed by atoms with van der Waals surface area (Å²) in [6.07, 6.45) is 0.0780. The molecule has 0 amide bonds. The van der Waals surface area contributed by atoms with Crippen molar-refractivity contribution >= 4 is 26.9 Å². The van der Waals surface area contributed by atoms with Crippen molar-refractivity contribution in [2.24, 2.45) is 0 Å². The van der Waals surface area contributed by atoms with Gasteiger partial charge in [0.05, 0.1) is 27.1 Å². The molecule has 4 heterocycles. The number of aromatic nitrogens is 4. The minimum absolute atomic E-state index is 0.161. The van der Waals surface area contributed by atoms with Crippen LogP contribution < -0.4 is 4.90 Å². The van der Waals surface area contributed by atoms with Gasteiger partial charge >= 0.3 is 6.18 Å². The van der Waals surface area contributed by atoms with E-state index in [1.54, 1.807) is 18.5 Å². The van der Waals surface area contributed by atoms with E-state index in [1.165, 1.54) is 10.6 Å². The van der Waals surface area contributed by atoms with Gasteiger partial charge in [-0.05, 0) is 36.4 Å². The number of alkyl halides is 3. The van der Waals surface area contributed by atoms with Crippen LogP contribution in [0.5, 0.6) is 0 Å². The molecule has 1 aromatic carbocycles. The number of nitriles is 1. The zero-order valence-corrected chi connectivity index (χ0v) is 19.4. The van der Waals surface area contributed by atoms with Crippen molar-refractivity contribution in [1.29, 1.82) is 5.26 Å². The summed E-state index contributed by atoms with van der Waals surface area (Å²) in [4.78, 5) is 17.6. The highest BCUT2D eigenvalue weighted by atomic mass is 32.2. The number of rotatable bonds is 4. The molecule has 0 saturated carbocycles. The lowest BCUT2D eigenvalue weighted by molar-refractivity contribution is -0.137. The number of benzene rings is 1. The Morgan fingerprint density at radius 3 is 2.31 bits per heavy atom. The predicted octanol–water partition coefficient (Wildman–Crippen LogP) is 3.42. The highest BCUT2D eigenvalue weighted by molar-refractivity contribution is 7.89. The molecule has 1 saturated heterocycles. The summed E-state index contributed by atoms with van der Waals surface area (Å²) < 4.78 is 65.4. The van der Waals surface area contributed by atoms with Gasteiger partial charge in [0.2, 0.25) is 10.0 Å². The zero-order valence-electron chi connectivity index (χ0n) is 18.6. The van der Waals surface area contributed by atoms with E-state index in [0.29, 0.717) is 46.8 Å². The molecule has 1 fully saturated rings. The molecule has 5 rings (SSSR count). The SMILES string of the molecule is N#Cc1c[nH]c2ncnc(-c3ccc(N4CCN(S(=O)(=O)c5ccc(C(F)(F)F)cc5)CC4)nc3)c12. The fourth-order valence-corrected chi connectivity index (χ4v) is 5.53. The Kier molecular flexibility index (Phi) is 5.85. The maximum Gasteiger partial charge on any atom is 0.416 e. The second-order valence-corrected chi connectivity index (χ2v) is 10.0. The largest absolute Gasteiger partial charge is 0.416 e. The first-order valence-electron chi connectivity index (χ1n) is 10.8. The van der Waals surface area contributed by atoms with Gasteiger partial charge in [-0.2, -0.15) is 22.7 Å². The van der Waals surface area contributed by atoms with Gasteiger partial charge < -0.3 is 9.88 Å². The molecule has 0 unspecified atom stereocenters. The number of sulfonamides is 1. The number of H-pyrrole nitrogens is 1. The Hall–Kier alpha value is -4.02. The smallest absolute Gasteiger partial charge is 0.354 e. The fraction of sp³-hybridized carbons (Fsp3) is 0.217. The molecule has 0 atom stereocenters. The normalized spacial score (nSPS) is 15.2. The average Bonchev–Trinajstić information content (AvgIpc) is 3.32. The Bertz CT molecular complexity index is 1550.